The quantitative estimate of drug-likeness (QED) is 0.133. The number of carboxylic acid groups (broad SMARTS) is 2. The second kappa shape index (κ2) is 16.8. The fraction of sp³-hybridized carbons (Fsp3) is 0.293. The number of fused-ring (bicyclic) bond motifs is 1. The third kappa shape index (κ3) is 8.81. The van der Waals surface area contributed by atoms with Crippen molar-refractivity contribution in [3.05, 3.63) is 148 Å². The fourth-order valence-electron chi connectivity index (χ4n) is 6.93. The van der Waals surface area contributed by atoms with Crippen LogP contribution < -0.4 is 4.74 Å². The van der Waals surface area contributed by atoms with Crippen molar-refractivity contribution in [2.75, 3.05) is 19.7 Å². The second-order valence-corrected chi connectivity index (χ2v) is 13.6. The smallest absolute Gasteiger partial charge is 0.402 e. The summed E-state index contributed by atoms with van der Waals surface area (Å²) in [4.78, 5) is 29.7. The number of para-hydroxylation sites is 1. The molecule has 0 saturated heterocycles. The van der Waals surface area contributed by atoms with Gasteiger partial charge in [0.2, 0.25) is 0 Å². The molecule has 4 N–H and O–H groups in total. The first-order chi connectivity index (χ1) is 24.9. The molecule has 3 atom stereocenters. The molecule has 1 heterocycles. The lowest BCUT2D eigenvalue weighted by Gasteiger charge is -2.38. The maximum absolute atomic E-state index is 14.8. The Morgan fingerprint density at radius 2 is 1.60 bits per heavy atom. The van der Waals surface area contributed by atoms with E-state index in [9.17, 15) is 33.0 Å². The normalized spacial score (nSPS) is 19.5. The van der Waals surface area contributed by atoms with Crippen LogP contribution in [0, 0.1) is 5.41 Å². The van der Waals surface area contributed by atoms with Gasteiger partial charge in [0.15, 0.2) is 0 Å². The van der Waals surface area contributed by atoms with Crippen LogP contribution in [0.15, 0.2) is 109 Å². The number of benzene rings is 3. The van der Waals surface area contributed by atoms with E-state index in [-0.39, 0.29) is 22.8 Å². The number of aromatic carboxylic acids is 2. The summed E-state index contributed by atoms with van der Waals surface area (Å²) in [6, 6.07) is 26.2. The van der Waals surface area contributed by atoms with Gasteiger partial charge < -0.3 is 20.4 Å². The van der Waals surface area contributed by atoms with Crippen molar-refractivity contribution < 1.29 is 43.2 Å². The van der Waals surface area contributed by atoms with Gasteiger partial charge in [-0.1, -0.05) is 85.0 Å². The van der Waals surface area contributed by atoms with E-state index in [1.54, 1.807) is 36.4 Å². The highest BCUT2D eigenvalue weighted by atomic mass is 35.5. The SMILES string of the molecule is O.O=C(O)c1ccc(CCN(CCc2ccccc2OCC2(C(F)(F)F)C=CC(c3ccccc3)=CC2Cl)[C@H]2CCCc3nc(C(=O)O)ccc32)cc1. The minimum Gasteiger partial charge on any atom is -0.492 e. The Bertz CT molecular complexity index is 1970. The fourth-order valence-corrected chi connectivity index (χ4v) is 7.33. The largest absolute Gasteiger partial charge is 0.492 e. The van der Waals surface area contributed by atoms with E-state index >= 15 is 0 Å². The third-order valence-electron chi connectivity index (χ3n) is 9.93. The highest BCUT2D eigenvalue weighted by Crippen LogP contribution is 2.49. The summed E-state index contributed by atoms with van der Waals surface area (Å²) in [5.74, 6) is -1.76. The number of allylic oxidation sites excluding steroid dienone is 3. The third-order valence-corrected chi connectivity index (χ3v) is 10.4. The van der Waals surface area contributed by atoms with E-state index in [1.807, 2.05) is 48.5 Å². The zero-order valence-electron chi connectivity index (χ0n) is 28.7. The van der Waals surface area contributed by atoms with Crippen molar-refractivity contribution in [2.45, 2.75) is 49.7 Å². The van der Waals surface area contributed by atoms with Crippen LogP contribution in [-0.4, -0.2) is 68.8 Å². The lowest BCUT2D eigenvalue weighted by molar-refractivity contribution is -0.212. The number of nitrogens with zero attached hydrogens (tertiary/aromatic N) is 2. The zero-order valence-corrected chi connectivity index (χ0v) is 29.5. The van der Waals surface area contributed by atoms with Gasteiger partial charge in [0, 0.05) is 24.8 Å². The van der Waals surface area contributed by atoms with E-state index in [0.717, 1.165) is 46.9 Å². The van der Waals surface area contributed by atoms with Crippen LogP contribution in [0.1, 0.15) is 67.7 Å². The van der Waals surface area contributed by atoms with Crippen LogP contribution in [0.4, 0.5) is 13.2 Å². The molecule has 4 aromatic rings. The van der Waals surface area contributed by atoms with Crippen molar-refractivity contribution in [3.63, 3.8) is 0 Å². The molecule has 6 rings (SSSR count). The Kier molecular flexibility index (Phi) is 12.4. The number of pyridine rings is 1. The van der Waals surface area contributed by atoms with Gasteiger partial charge in [-0.25, -0.2) is 14.6 Å². The summed E-state index contributed by atoms with van der Waals surface area (Å²) < 4.78 is 50.4. The molecule has 0 amide bonds. The van der Waals surface area contributed by atoms with Gasteiger partial charge in [-0.3, -0.25) is 4.90 Å². The first-order valence-corrected chi connectivity index (χ1v) is 17.6. The number of carbonyl (C=O) groups is 2. The first kappa shape index (κ1) is 39.2. The zero-order chi connectivity index (χ0) is 36.9. The number of hydrogen-bond acceptors (Lipinski definition) is 5. The molecule has 0 saturated carbocycles. The number of carboxylic acids is 2. The predicted octanol–water partition coefficient (Wildman–Crippen LogP) is 8.01. The van der Waals surface area contributed by atoms with Gasteiger partial charge in [-0.05, 0) is 84.2 Å². The topological polar surface area (TPSA) is 131 Å². The molecule has 2 aliphatic rings. The number of halogens is 4. The van der Waals surface area contributed by atoms with E-state index < -0.39 is 35.5 Å². The van der Waals surface area contributed by atoms with Crippen molar-refractivity contribution in [1.82, 2.24) is 9.88 Å². The van der Waals surface area contributed by atoms with Crippen LogP contribution in [0.2, 0.25) is 0 Å². The molecule has 0 spiro atoms. The molecule has 2 aliphatic carbocycles. The highest BCUT2D eigenvalue weighted by Gasteiger charge is 2.58. The number of aromatic nitrogens is 1. The number of hydrogen-bond donors (Lipinski definition) is 2. The van der Waals surface area contributed by atoms with Crippen LogP contribution in [0.25, 0.3) is 5.57 Å². The summed E-state index contributed by atoms with van der Waals surface area (Å²) in [7, 11) is 0. The molecule has 53 heavy (non-hydrogen) atoms. The molecule has 0 fully saturated rings. The summed E-state index contributed by atoms with van der Waals surface area (Å²) in [5, 5.41) is 17.4. The second-order valence-electron chi connectivity index (χ2n) is 13.1. The van der Waals surface area contributed by atoms with E-state index in [1.165, 1.54) is 18.2 Å². The maximum Gasteiger partial charge on any atom is 0.402 e. The van der Waals surface area contributed by atoms with Crippen molar-refractivity contribution in [3.8, 4) is 5.75 Å². The van der Waals surface area contributed by atoms with Gasteiger partial charge in [-0.2, -0.15) is 13.2 Å². The summed E-state index contributed by atoms with van der Waals surface area (Å²) in [6.45, 7) is 0.399. The lowest BCUT2D eigenvalue weighted by Crippen LogP contribution is -2.48. The average Bonchev–Trinajstić information content (AvgIpc) is 3.14. The molecule has 0 aliphatic heterocycles. The molecular formula is C41H40ClF3N2O6. The average molecular weight is 749 g/mol. The molecule has 0 bridgehead atoms. The standard InChI is InChI=1S/C41H38ClF3N2O5.H2O/c42-37-25-31(28-7-2-1-3-8-28)19-22-40(37,41(43,44)45)26-52-36-12-5-4-9-29(36)21-24-47(23-20-27-13-15-30(16-14-27)38(48)49)35-11-6-10-33-32(35)17-18-34(46-33)39(50)51;/h1-5,7-9,12-19,22,25,35,37H,6,10-11,20-21,23-24,26H2,(H,48,49)(H,50,51);1H2/t35-,37?,40?;/m0./s1. The maximum atomic E-state index is 14.8. The Morgan fingerprint density at radius 3 is 2.28 bits per heavy atom. The summed E-state index contributed by atoms with van der Waals surface area (Å²) in [6.07, 6.45) is 2.67. The monoisotopic (exact) mass is 748 g/mol. The molecule has 0 radical (unpaired) electrons. The predicted molar refractivity (Wildman–Crippen MR) is 196 cm³/mol. The Morgan fingerprint density at radius 1 is 0.906 bits per heavy atom. The van der Waals surface area contributed by atoms with Gasteiger partial charge in [0.05, 0.1) is 10.9 Å². The molecule has 2 unspecified atom stereocenters. The van der Waals surface area contributed by atoms with Gasteiger partial charge >= 0.3 is 18.1 Å². The molecule has 12 heteroatoms. The number of alkyl halides is 4. The lowest BCUT2D eigenvalue weighted by atomic mass is 9.78. The summed E-state index contributed by atoms with van der Waals surface area (Å²) >= 11 is 6.54. The van der Waals surface area contributed by atoms with Crippen LogP contribution in [0.3, 0.4) is 0 Å². The van der Waals surface area contributed by atoms with Crippen LogP contribution in [-0.2, 0) is 19.3 Å². The van der Waals surface area contributed by atoms with Crippen LogP contribution >= 0.6 is 11.6 Å². The Labute approximate surface area is 310 Å². The molecule has 3 aromatic carbocycles. The minimum absolute atomic E-state index is 0. The molecule has 8 nitrogen and oxygen atoms in total. The van der Waals surface area contributed by atoms with Crippen molar-refractivity contribution >= 4 is 29.1 Å². The number of aryl methyl sites for hydroxylation is 1. The highest BCUT2D eigenvalue weighted by molar-refractivity contribution is 6.23. The van der Waals surface area contributed by atoms with Gasteiger partial charge in [0.1, 0.15) is 23.5 Å². The number of ether oxygens (including phenoxy) is 1. The van der Waals surface area contributed by atoms with Crippen molar-refractivity contribution in [2.24, 2.45) is 5.41 Å². The minimum atomic E-state index is -4.69. The van der Waals surface area contributed by atoms with Gasteiger partial charge in [-0.15, -0.1) is 11.6 Å². The Hall–Kier alpha value is -4.97. The van der Waals surface area contributed by atoms with Crippen molar-refractivity contribution in [1.29, 1.82) is 0 Å². The van der Waals surface area contributed by atoms with E-state index in [2.05, 4.69) is 9.88 Å². The molecular weight excluding hydrogens is 709 g/mol. The van der Waals surface area contributed by atoms with E-state index in [4.69, 9.17) is 16.3 Å². The van der Waals surface area contributed by atoms with Gasteiger partial charge in [0.25, 0.3) is 0 Å². The summed E-state index contributed by atoms with van der Waals surface area (Å²) in [5.41, 5.74) is 2.50. The molecule has 1 aromatic heterocycles. The number of rotatable bonds is 13. The molecule has 278 valence electrons. The Balaban J connectivity index is 0.00000541. The first-order valence-electron chi connectivity index (χ1n) is 17.1. The van der Waals surface area contributed by atoms with E-state index in [0.29, 0.717) is 43.7 Å². The van der Waals surface area contributed by atoms with Crippen LogP contribution in [0.5, 0.6) is 5.75 Å².